The summed E-state index contributed by atoms with van der Waals surface area (Å²) in [7, 11) is 3.53. The van der Waals surface area contributed by atoms with Gasteiger partial charge in [0.1, 0.15) is 18.5 Å². The Kier molecular flexibility index (Phi) is 4.26. The summed E-state index contributed by atoms with van der Waals surface area (Å²) in [6.07, 6.45) is 5.06. The molecule has 3 rings (SSSR count). The van der Waals surface area contributed by atoms with E-state index in [0.29, 0.717) is 25.6 Å². The minimum atomic E-state index is 0.0219. The standard InChI is InChI=1S/C14H19N7O2/c1-15-14(16-7-11-3-6-23-18-11)20-4-5-21(13(22)10-20)12-8-17-19(2)9-12/h3,6,8-9H,4-5,7,10H2,1-2H3,(H,15,16). The first kappa shape index (κ1) is 15.1. The van der Waals surface area contributed by atoms with Crippen LogP contribution in [0.1, 0.15) is 5.69 Å². The van der Waals surface area contributed by atoms with Crippen LogP contribution in [0.2, 0.25) is 0 Å². The third kappa shape index (κ3) is 3.33. The highest BCUT2D eigenvalue weighted by Crippen LogP contribution is 2.16. The number of guanidine groups is 1. The maximum absolute atomic E-state index is 12.4. The average molecular weight is 317 g/mol. The fourth-order valence-electron chi connectivity index (χ4n) is 2.51. The average Bonchev–Trinajstić information content (AvgIpc) is 3.20. The Bertz CT molecular complexity index is 692. The highest BCUT2D eigenvalue weighted by molar-refractivity contribution is 5.98. The van der Waals surface area contributed by atoms with Gasteiger partial charge in [-0.05, 0) is 0 Å². The number of aromatic nitrogens is 3. The van der Waals surface area contributed by atoms with Gasteiger partial charge in [0.2, 0.25) is 5.91 Å². The number of aliphatic imine (C=N–C) groups is 1. The number of rotatable bonds is 3. The number of amides is 1. The van der Waals surface area contributed by atoms with Crippen molar-refractivity contribution in [1.82, 2.24) is 25.2 Å². The van der Waals surface area contributed by atoms with Crippen LogP contribution in [0.4, 0.5) is 5.69 Å². The van der Waals surface area contributed by atoms with E-state index in [-0.39, 0.29) is 12.5 Å². The van der Waals surface area contributed by atoms with Crippen molar-refractivity contribution in [2.75, 3.05) is 31.6 Å². The Hall–Kier alpha value is -2.84. The molecule has 0 unspecified atom stereocenters. The van der Waals surface area contributed by atoms with E-state index in [1.807, 2.05) is 18.1 Å². The van der Waals surface area contributed by atoms with Crippen LogP contribution in [-0.2, 0) is 18.4 Å². The monoisotopic (exact) mass is 317 g/mol. The van der Waals surface area contributed by atoms with E-state index in [4.69, 9.17) is 4.52 Å². The summed E-state index contributed by atoms with van der Waals surface area (Å²) < 4.78 is 6.48. The van der Waals surface area contributed by atoms with E-state index in [2.05, 4.69) is 20.6 Å². The van der Waals surface area contributed by atoms with Crippen molar-refractivity contribution in [1.29, 1.82) is 0 Å². The number of aryl methyl sites for hydroxylation is 1. The summed E-state index contributed by atoms with van der Waals surface area (Å²) in [5, 5.41) is 11.1. The first-order valence-corrected chi connectivity index (χ1v) is 7.31. The summed E-state index contributed by atoms with van der Waals surface area (Å²) in [4.78, 5) is 20.3. The molecular weight excluding hydrogens is 298 g/mol. The zero-order valence-electron chi connectivity index (χ0n) is 13.1. The Balaban J connectivity index is 1.60. The van der Waals surface area contributed by atoms with Gasteiger partial charge in [-0.3, -0.25) is 14.5 Å². The van der Waals surface area contributed by atoms with Crippen molar-refractivity contribution >= 4 is 17.6 Å². The third-order valence-electron chi connectivity index (χ3n) is 3.65. The van der Waals surface area contributed by atoms with Crippen LogP contribution < -0.4 is 10.2 Å². The van der Waals surface area contributed by atoms with Crippen LogP contribution in [0.3, 0.4) is 0 Å². The van der Waals surface area contributed by atoms with Crippen molar-refractivity contribution in [2.45, 2.75) is 6.54 Å². The molecule has 0 radical (unpaired) electrons. The number of hydrogen-bond donors (Lipinski definition) is 1. The summed E-state index contributed by atoms with van der Waals surface area (Å²) in [5.41, 5.74) is 1.61. The summed E-state index contributed by atoms with van der Waals surface area (Å²) >= 11 is 0. The molecule has 9 heteroatoms. The van der Waals surface area contributed by atoms with Crippen molar-refractivity contribution in [3.8, 4) is 0 Å². The molecule has 1 aliphatic heterocycles. The van der Waals surface area contributed by atoms with E-state index in [0.717, 1.165) is 11.4 Å². The van der Waals surface area contributed by atoms with Gasteiger partial charge in [-0.15, -0.1) is 0 Å². The molecule has 0 bridgehead atoms. The molecule has 1 amide bonds. The van der Waals surface area contributed by atoms with Crippen LogP contribution >= 0.6 is 0 Å². The molecular formula is C14H19N7O2. The molecule has 2 aromatic heterocycles. The maximum Gasteiger partial charge on any atom is 0.246 e. The van der Waals surface area contributed by atoms with Crippen LogP contribution in [-0.4, -0.2) is 58.4 Å². The Morgan fingerprint density at radius 1 is 1.48 bits per heavy atom. The summed E-state index contributed by atoms with van der Waals surface area (Å²) in [6, 6.07) is 1.78. The van der Waals surface area contributed by atoms with Crippen molar-refractivity contribution < 1.29 is 9.32 Å². The number of carbonyl (C=O) groups is 1. The van der Waals surface area contributed by atoms with Gasteiger partial charge in [-0.25, -0.2) is 0 Å². The first-order valence-electron chi connectivity index (χ1n) is 7.31. The zero-order chi connectivity index (χ0) is 16.2. The fraction of sp³-hybridized carbons (Fsp3) is 0.429. The molecule has 0 aliphatic carbocycles. The maximum atomic E-state index is 12.4. The van der Waals surface area contributed by atoms with E-state index >= 15 is 0 Å². The second kappa shape index (κ2) is 6.51. The van der Waals surface area contributed by atoms with Gasteiger partial charge in [-0.1, -0.05) is 5.16 Å². The number of carbonyl (C=O) groups excluding carboxylic acids is 1. The largest absolute Gasteiger partial charge is 0.364 e. The number of nitrogens with zero attached hydrogens (tertiary/aromatic N) is 6. The molecule has 9 nitrogen and oxygen atoms in total. The predicted molar refractivity (Wildman–Crippen MR) is 83.8 cm³/mol. The van der Waals surface area contributed by atoms with Gasteiger partial charge in [-0.2, -0.15) is 5.10 Å². The van der Waals surface area contributed by atoms with Gasteiger partial charge in [0, 0.05) is 39.4 Å². The second-order valence-corrected chi connectivity index (χ2v) is 5.23. The summed E-state index contributed by atoms with van der Waals surface area (Å²) in [6.45, 7) is 2.06. The van der Waals surface area contributed by atoms with Crippen LogP contribution in [0.5, 0.6) is 0 Å². The van der Waals surface area contributed by atoms with Crippen LogP contribution in [0.25, 0.3) is 0 Å². The lowest BCUT2D eigenvalue weighted by Crippen LogP contribution is -2.55. The van der Waals surface area contributed by atoms with Gasteiger partial charge < -0.3 is 19.6 Å². The lowest BCUT2D eigenvalue weighted by molar-refractivity contribution is -0.120. The highest BCUT2D eigenvalue weighted by Gasteiger charge is 2.27. The zero-order valence-corrected chi connectivity index (χ0v) is 13.1. The molecule has 0 aromatic carbocycles. The van der Waals surface area contributed by atoms with Crippen LogP contribution in [0.15, 0.2) is 34.2 Å². The minimum absolute atomic E-state index is 0.0219. The van der Waals surface area contributed by atoms with Gasteiger partial charge in [0.05, 0.1) is 18.4 Å². The Labute approximate surface area is 133 Å². The molecule has 3 heterocycles. The fourth-order valence-corrected chi connectivity index (χ4v) is 2.51. The molecule has 1 fully saturated rings. The Morgan fingerprint density at radius 2 is 2.35 bits per heavy atom. The molecule has 23 heavy (non-hydrogen) atoms. The van der Waals surface area contributed by atoms with Gasteiger partial charge >= 0.3 is 0 Å². The quantitative estimate of drug-likeness (QED) is 0.624. The molecule has 0 saturated carbocycles. The molecule has 122 valence electrons. The topological polar surface area (TPSA) is 91.8 Å². The molecule has 2 aromatic rings. The summed E-state index contributed by atoms with van der Waals surface area (Å²) in [5.74, 6) is 0.695. The second-order valence-electron chi connectivity index (χ2n) is 5.23. The molecule has 1 saturated heterocycles. The number of piperazine rings is 1. The number of hydrogen-bond acceptors (Lipinski definition) is 5. The van der Waals surface area contributed by atoms with E-state index in [9.17, 15) is 4.79 Å². The molecule has 0 atom stereocenters. The molecule has 0 spiro atoms. The van der Waals surface area contributed by atoms with E-state index in [1.54, 1.807) is 28.9 Å². The van der Waals surface area contributed by atoms with Gasteiger partial charge in [0.15, 0.2) is 5.96 Å². The van der Waals surface area contributed by atoms with E-state index in [1.165, 1.54) is 6.26 Å². The smallest absolute Gasteiger partial charge is 0.246 e. The normalized spacial score (nSPS) is 16.1. The lowest BCUT2D eigenvalue weighted by Gasteiger charge is -2.35. The van der Waals surface area contributed by atoms with Crippen molar-refractivity contribution in [3.63, 3.8) is 0 Å². The molecule has 1 N–H and O–H groups in total. The predicted octanol–water partition coefficient (Wildman–Crippen LogP) is -0.168. The van der Waals surface area contributed by atoms with Gasteiger partial charge in [0.25, 0.3) is 0 Å². The van der Waals surface area contributed by atoms with E-state index < -0.39 is 0 Å². The number of nitrogens with one attached hydrogen (secondary N) is 1. The SMILES string of the molecule is CN=C(NCc1ccon1)N1CCN(c2cnn(C)c2)C(=O)C1. The van der Waals surface area contributed by atoms with Crippen LogP contribution in [0, 0.1) is 0 Å². The lowest BCUT2D eigenvalue weighted by atomic mass is 10.3. The third-order valence-corrected chi connectivity index (χ3v) is 3.65. The van der Waals surface area contributed by atoms with Crippen molar-refractivity contribution in [2.24, 2.45) is 12.0 Å². The first-order chi connectivity index (χ1) is 11.2. The Morgan fingerprint density at radius 3 is 2.96 bits per heavy atom. The van der Waals surface area contributed by atoms with Crippen molar-refractivity contribution in [3.05, 3.63) is 30.4 Å². The molecule has 1 aliphatic rings. The highest BCUT2D eigenvalue weighted by atomic mass is 16.5. The number of anilines is 1. The minimum Gasteiger partial charge on any atom is -0.364 e.